The Morgan fingerprint density at radius 1 is 1.30 bits per heavy atom. The number of benzene rings is 1. The molecular weight excluding hydrogens is 326 g/mol. The smallest absolute Gasteiger partial charge is 0.120 e. The lowest BCUT2D eigenvalue weighted by molar-refractivity contribution is 0.0679. The summed E-state index contributed by atoms with van der Waals surface area (Å²) in [6.45, 7) is 3.21. The first-order valence-electron chi connectivity index (χ1n) is 6.56. The van der Waals surface area contributed by atoms with Gasteiger partial charge in [-0.1, -0.05) is 22.0 Å². The maximum Gasteiger partial charge on any atom is 0.120 e. The number of methoxy groups -OCH3 is 1. The van der Waals surface area contributed by atoms with E-state index >= 15 is 0 Å². The summed E-state index contributed by atoms with van der Waals surface area (Å²) in [5.41, 5.74) is 0. The molecule has 0 fully saturated rings. The molecule has 0 amide bonds. The average Bonchev–Trinajstić information content (AvgIpc) is 2.44. The Morgan fingerprint density at radius 3 is 2.90 bits per heavy atom. The first kappa shape index (κ1) is 17.4. The van der Waals surface area contributed by atoms with Crippen LogP contribution in [0.25, 0.3) is 0 Å². The van der Waals surface area contributed by atoms with Crippen molar-refractivity contribution < 1.29 is 19.3 Å². The van der Waals surface area contributed by atoms with Crippen molar-refractivity contribution in [2.45, 2.75) is 6.10 Å². The minimum atomic E-state index is -0.548. The second-order valence-corrected chi connectivity index (χ2v) is 5.15. The molecular formula is C14H22BrNO4. The van der Waals surface area contributed by atoms with Crippen molar-refractivity contribution in [3.8, 4) is 5.75 Å². The highest BCUT2D eigenvalue weighted by molar-refractivity contribution is 9.10. The summed E-state index contributed by atoms with van der Waals surface area (Å²) in [4.78, 5) is 0. The van der Waals surface area contributed by atoms with Gasteiger partial charge in [0.05, 0.1) is 19.8 Å². The van der Waals surface area contributed by atoms with Crippen LogP contribution in [-0.4, -0.2) is 57.8 Å². The molecule has 0 saturated carbocycles. The Balaban J connectivity index is 2.01. The molecule has 0 bridgehead atoms. The van der Waals surface area contributed by atoms with E-state index < -0.39 is 6.10 Å². The number of aliphatic hydroxyl groups is 1. The molecule has 0 saturated heterocycles. The Hall–Kier alpha value is -0.660. The molecule has 1 rings (SSSR count). The van der Waals surface area contributed by atoms with Crippen molar-refractivity contribution in [1.29, 1.82) is 0 Å². The van der Waals surface area contributed by atoms with E-state index in [4.69, 9.17) is 14.2 Å². The van der Waals surface area contributed by atoms with Crippen molar-refractivity contribution in [2.24, 2.45) is 0 Å². The van der Waals surface area contributed by atoms with Crippen molar-refractivity contribution in [1.82, 2.24) is 5.32 Å². The zero-order chi connectivity index (χ0) is 14.6. The fourth-order valence-corrected chi connectivity index (χ4v) is 1.84. The van der Waals surface area contributed by atoms with Crippen molar-refractivity contribution >= 4 is 15.9 Å². The fraction of sp³-hybridized carbons (Fsp3) is 0.571. The molecule has 6 heteroatoms. The molecule has 0 radical (unpaired) electrons. The molecule has 0 aliphatic carbocycles. The highest BCUT2D eigenvalue weighted by Gasteiger charge is 2.04. The topological polar surface area (TPSA) is 60.0 Å². The Labute approximate surface area is 128 Å². The van der Waals surface area contributed by atoms with E-state index in [1.165, 1.54) is 0 Å². The molecule has 1 unspecified atom stereocenters. The van der Waals surface area contributed by atoms with Gasteiger partial charge in [0.25, 0.3) is 0 Å². The number of hydrogen-bond donors (Lipinski definition) is 2. The van der Waals surface area contributed by atoms with E-state index in [2.05, 4.69) is 21.2 Å². The molecule has 1 atom stereocenters. The summed E-state index contributed by atoms with van der Waals surface area (Å²) >= 11 is 3.37. The summed E-state index contributed by atoms with van der Waals surface area (Å²) < 4.78 is 16.6. The minimum Gasteiger partial charge on any atom is -0.491 e. The average molecular weight is 348 g/mol. The molecule has 5 nitrogen and oxygen atoms in total. The second-order valence-electron chi connectivity index (χ2n) is 4.23. The van der Waals surface area contributed by atoms with Crippen LogP contribution in [0.1, 0.15) is 0 Å². The lowest BCUT2D eigenvalue weighted by atomic mass is 10.3. The molecule has 0 aliphatic rings. The van der Waals surface area contributed by atoms with Crippen LogP contribution in [0.4, 0.5) is 0 Å². The third-order valence-corrected chi connectivity index (χ3v) is 2.97. The third-order valence-electron chi connectivity index (χ3n) is 2.47. The van der Waals surface area contributed by atoms with Crippen molar-refractivity contribution in [3.63, 3.8) is 0 Å². The van der Waals surface area contributed by atoms with E-state index in [9.17, 15) is 5.11 Å². The predicted molar refractivity (Wildman–Crippen MR) is 81.2 cm³/mol. The van der Waals surface area contributed by atoms with Gasteiger partial charge in [-0.3, -0.25) is 0 Å². The molecule has 0 aliphatic heterocycles. The number of aliphatic hydroxyl groups excluding tert-OH is 1. The molecule has 0 heterocycles. The quantitative estimate of drug-likeness (QED) is 0.593. The highest BCUT2D eigenvalue weighted by atomic mass is 79.9. The van der Waals surface area contributed by atoms with Crippen LogP contribution in [0.3, 0.4) is 0 Å². The number of ether oxygens (including phenoxy) is 3. The Morgan fingerprint density at radius 2 is 2.15 bits per heavy atom. The van der Waals surface area contributed by atoms with Crippen molar-refractivity contribution in [3.05, 3.63) is 28.7 Å². The molecule has 20 heavy (non-hydrogen) atoms. The summed E-state index contributed by atoms with van der Waals surface area (Å²) in [5, 5.41) is 12.9. The molecule has 2 N–H and O–H groups in total. The lowest BCUT2D eigenvalue weighted by Gasteiger charge is -2.13. The monoisotopic (exact) mass is 347 g/mol. The first-order valence-corrected chi connectivity index (χ1v) is 7.35. The number of hydrogen-bond acceptors (Lipinski definition) is 5. The van der Waals surface area contributed by atoms with Crippen LogP contribution in [0.15, 0.2) is 28.7 Å². The standard InChI is InChI=1S/C14H22BrNO4/c1-18-7-8-19-6-5-16-10-13(17)11-20-14-4-2-3-12(15)9-14/h2-4,9,13,16-17H,5-8,10-11H2,1H3. The number of rotatable bonds is 11. The maximum absolute atomic E-state index is 9.76. The van der Waals surface area contributed by atoms with Gasteiger partial charge >= 0.3 is 0 Å². The van der Waals surface area contributed by atoms with Crippen LogP contribution in [0, 0.1) is 0 Å². The van der Waals surface area contributed by atoms with Crippen LogP contribution in [-0.2, 0) is 9.47 Å². The number of nitrogens with one attached hydrogen (secondary N) is 1. The van der Waals surface area contributed by atoms with Crippen LogP contribution < -0.4 is 10.1 Å². The molecule has 1 aromatic carbocycles. The largest absolute Gasteiger partial charge is 0.491 e. The lowest BCUT2D eigenvalue weighted by Crippen LogP contribution is -2.33. The van der Waals surface area contributed by atoms with E-state index in [-0.39, 0.29) is 6.61 Å². The Bertz CT molecular complexity index is 365. The van der Waals surface area contributed by atoms with Gasteiger partial charge in [-0.05, 0) is 18.2 Å². The van der Waals surface area contributed by atoms with Gasteiger partial charge in [-0.15, -0.1) is 0 Å². The molecule has 114 valence electrons. The first-order chi connectivity index (χ1) is 9.72. The summed E-state index contributed by atoms with van der Waals surface area (Å²) in [5.74, 6) is 0.737. The molecule has 0 spiro atoms. The molecule has 1 aromatic rings. The van der Waals surface area contributed by atoms with E-state index in [1.54, 1.807) is 7.11 Å². The fourth-order valence-electron chi connectivity index (χ4n) is 1.47. The van der Waals surface area contributed by atoms with Gasteiger partial charge < -0.3 is 24.6 Å². The van der Waals surface area contributed by atoms with Crippen molar-refractivity contribution in [2.75, 3.05) is 46.6 Å². The van der Waals surface area contributed by atoms with E-state index in [0.717, 1.165) is 10.2 Å². The van der Waals surface area contributed by atoms with Gasteiger partial charge in [0, 0.05) is 24.7 Å². The van der Waals surface area contributed by atoms with Gasteiger partial charge in [0.1, 0.15) is 18.5 Å². The highest BCUT2D eigenvalue weighted by Crippen LogP contribution is 2.17. The van der Waals surface area contributed by atoms with Gasteiger partial charge in [-0.25, -0.2) is 0 Å². The van der Waals surface area contributed by atoms with E-state index in [1.807, 2.05) is 24.3 Å². The maximum atomic E-state index is 9.76. The van der Waals surface area contributed by atoms with E-state index in [0.29, 0.717) is 32.9 Å². The predicted octanol–water partition coefficient (Wildman–Crippen LogP) is 1.44. The summed E-state index contributed by atoms with van der Waals surface area (Å²) in [6.07, 6.45) is -0.548. The van der Waals surface area contributed by atoms with Crippen LogP contribution >= 0.6 is 15.9 Å². The van der Waals surface area contributed by atoms with Crippen LogP contribution in [0.5, 0.6) is 5.75 Å². The second kappa shape index (κ2) is 11.0. The van der Waals surface area contributed by atoms with Gasteiger partial charge in [-0.2, -0.15) is 0 Å². The third kappa shape index (κ3) is 8.50. The SMILES string of the molecule is COCCOCCNCC(O)COc1cccc(Br)c1. The number of halogens is 1. The summed E-state index contributed by atoms with van der Waals surface area (Å²) in [6, 6.07) is 7.54. The minimum absolute atomic E-state index is 0.258. The van der Waals surface area contributed by atoms with Gasteiger partial charge in [0.15, 0.2) is 0 Å². The molecule has 0 aromatic heterocycles. The zero-order valence-corrected chi connectivity index (χ0v) is 13.3. The zero-order valence-electron chi connectivity index (χ0n) is 11.7. The Kier molecular flexibility index (Phi) is 9.61. The van der Waals surface area contributed by atoms with Gasteiger partial charge in [0.2, 0.25) is 0 Å². The normalized spacial score (nSPS) is 12.3. The summed E-state index contributed by atoms with van der Waals surface area (Å²) in [7, 11) is 1.64. The van der Waals surface area contributed by atoms with Crippen LogP contribution in [0.2, 0.25) is 0 Å².